The first kappa shape index (κ1) is 14.0. The largest absolute Gasteiger partial charge is 0.484 e. The Kier molecular flexibility index (Phi) is 3.86. The summed E-state index contributed by atoms with van der Waals surface area (Å²) in [6, 6.07) is 12.5. The van der Waals surface area contributed by atoms with Crippen LogP contribution in [0.3, 0.4) is 0 Å². The molecule has 3 nitrogen and oxygen atoms in total. The second-order valence-corrected chi connectivity index (χ2v) is 5.38. The lowest BCUT2D eigenvalue weighted by Crippen LogP contribution is -2.11. The van der Waals surface area contributed by atoms with E-state index in [9.17, 15) is 4.79 Å². The van der Waals surface area contributed by atoms with Gasteiger partial charge in [0.05, 0.1) is 5.02 Å². The van der Waals surface area contributed by atoms with Gasteiger partial charge in [-0.2, -0.15) is 0 Å². The molecule has 1 N–H and O–H groups in total. The van der Waals surface area contributed by atoms with Crippen molar-refractivity contribution >= 4 is 39.9 Å². The number of rotatable bonds is 4. The minimum Gasteiger partial charge on any atom is -0.484 e. The Bertz CT molecular complexity index is 811. The number of hydrogen-bond donors (Lipinski definition) is 1. The number of aromatic amines is 1. The number of ether oxygens (including phenoxy) is 1. The normalized spacial score (nSPS) is 10.8. The van der Waals surface area contributed by atoms with Gasteiger partial charge in [0, 0.05) is 27.7 Å². The Hall–Kier alpha value is -1.97. The first-order chi connectivity index (χ1) is 10.1. The van der Waals surface area contributed by atoms with Crippen LogP contribution in [0.15, 0.2) is 48.7 Å². The molecule has 0 unspecified atom stereocenters. The smallest absolute Gasteiger partial charge is 0.202 e. The van der Waals surface area contributed by atoms with E-state index in [0.29, 0.717) is 21.4 Å². The molecule has 3 rings (SSSR count). The molecule has 0 saturated carbocycles. The Balaban J connectivity index is 1.77. The molecule has 0 amide bonds. The SMILES string of the molecule is O=C(COc1ccc(Cl)cc1Cl)c1c[nH]c2ccccc12. The van der Waals surface area contributed by atoms with Crippen molar-refractivity contribution in [3.63, 3.8) is 0 Å². The highest BCUT2D eigenvalue weighted by atomic mass is 35.5. The van der Waals surface area contributed by atoms with Crippen LogP contribution < -0.4 is 4.74 Å². The maximum absolute atomic E-state index is 12.3. The van der Waals surface area contributed by atoms with E-state index in [2.05, 4.69) is 4.98 Å². The van der Waals surface area contributed by atoms with Crippen LogP contribution in [-0.2, 0) is 0 Å². The lowest BCUT2D eigenvalue weighted by Gasteiger charge is -2.07. The molecule has 0 aliphatic rings. The van der Waals surface area contributed by atoms with Crippen molar-refractivity contribution in [1.82, 2.24) is 4.98 Å². The second kappa shape index (κ2) is 5.80. The van der Waals surface area contributed by atoms with Crippen LogP contribution in [0.25, 0.3) is 10.9 Å². The molecule has 0 saturated heterocycles. The van der Waals surface area contributed by atoms with E-state index in [-0.39, 0.29) is 12.4 Å². The van der Waals surface area contributed by atoms with Gasteiger partial charge in [-0.25, -0.2) is 0 Å². The number of ketones is 1. The highest BCUT2D eigenvalue weighted by Gasteiger charge is 2.13. The molecular weight excluding hydrogens is 309 g/mol. The molecule has 3 aromatic rings. The van der Waals surface area contributed by atoms with E-state index < -0.39 is 0 Å². The molecule has 0 atom stereocenters. The van der Waals surface area contributed by atoms with Crippen LogP contribution in [-0.4, -0.2) is 17.4 Å². The van der Waals surface area contributed by atoms with Crippen molar-refractivity contribution in [2.75, 3.05) is 6.61 Å². The summed E-state index contributed by atoms with van der Waals surface area (Å²) in [4.78, 5) is 15.3. The van der Waals surface area contributed by atoms with Crippen molar-refractivity contribution in [3.05, 3.63) is 64.3 Å². The van der Waals surface area contributed by atoms with Crippen molar-refractivity contribution in [3.8, 4) is 5.75 Å². The lowest BCUT2D eigenvalue weighted by atomic mass is 10.1. The number of Topliss-reactive ketones (excluding diaryl/α,β-unsaturated/α-hetero) is 1. The first-order valence-electron chi connectivity index (χ1n) is 6.32. The summed E-state index contributed by atoms with van der Waals surface area (Å²) in [7, 11) is 0. The van der Waals surface area contributed by atoms with Crippen molar-refractivity contribution in [2.45, 2.75) is 0 Å². The molecule has 0 spiro atoms. The highest BCUT2D eigenvalue weighted by molar-refractivity contribution is 6.35. The monoisotopic (exact) mass is 319 g/mol. The first-order valence-corrected chi connectivity index (χ1v) is 7.08. The fourth-order valence-corrected chi connectivity index (χ4v) is 2.58. The van der Waals surface area contributed by atoms with E-state index in [0.717, 1.165) is 10.9 Å². The zero-order chi connectivity index (χ0) is 14.8. The topological polar surface area (TPSA) is 42.1 Å². The summed E-state index contributed by atoms with van der Waals surface area (Å²) in [6.45, 7) is -0.0802. The number of carbonyl (C=O) groups excluding carboxylic acids is 1. The molecule has 0 radical (unpaired) electrons. The molecule has 0 bridgehead atoms. The summed E-state index contributed by atoms with van der Waals surface area (Å²) in [6.07, 6.45) is 1.69. The number of benzene rings is 2. The highest BCUT2D eigenvalue weighted by Crippen LogP contribution is 2.27. The van der Waals surface area contributed by atoms with E-state index in [4.69, 9.17) is 27.9 Å². The van der Waals surface area contributed by atoms with Gasteiger partial charge < -0.3 is 9.72 Å². The molecular formula is C16H11Cl2NO2. The van der Waals surface area contributed by atoms with Crippen LogP contribution in [0, 0.1) is 0 Å². The van der Waals surface area contributed by atoms with Gasteiger partial charge >= 0.3 is 0 Å². The molecule has 0 fully saturated rings. The van der Waals surface area contributed by atoms with Crippen molar-refractivity contribution in [2.24, 2.45) is 0 Å². The van der Waals surface area contributed by atoms with Crippen LogP contribution in [0.4, 0.5) is 0 Å². The summed E-state index contributed by atoms with van der Waals surface area (Å²) >= 11 is 11.8. The number of hydrogen-bond acceptors (Lipinski definition) is 2. The Morgan fingerprint density at radius 3 is 2.76 bits per heavy atom. The maximum Gasteiger partial charge on any atom is 0.202 e. The van der Waals surface area contributed by atoms with Crippen molar-refractivity contribution in [1.29, 1.82) is 0 Å². The van der Waals surface area contributed by atoms with Gasteiger partial charge in [-0.05, 0) is 24.3 Å². The predicted molar refractivity (Wildman–Crippen MR) is 84.6 cm³/mol. The van der Waals surface area contributed by atoms with Crippen LogP contribution in [0.2, 0.25) is 10.0 Å². The molecule has 0 aliphatic heterocycles. The average molecular weight is 320 g/mol. The summed E-state index contributed by atoms with van der Waals surface area (Å²) in [5.41, 5.74) is 1.53. The standard InChI is InChI=1S/C16H11Cl2NO2/c17-10-5-6-16(13(18)7-10)21-9-15(20)12-8-19-14-4-2-1-3-11(12)14/h1-8,19H,9H2. The molecule has 0 aliphatic carbocycles. The summed E-state index contributed by atoms with van der Waals surface area (Å²) in [5, 5.41) is 1.79. The number of H-pyrrole nitrogens is 1. The average Bonchev–Trinajstić information content (AvgIpc) is 2.90. The number of fused-ring (bicyclic) bond motifs is 1. The van der Waals surface area contributed by atoms with E-state index in [1.165, 1.54) is 0 Å². The third-order valence-corrected chi connectivity index (χ3v) is 3.67. The lowest BCUT2D eigenvalue weighted by molar-refractivity contribution is 0.0923. The van der Waals surface area contributed by atoms with Gasteiger partial charge in [0.15, 0.2) is 6.61 Å². The quantitative estimate of drug-likeness (QED) is 0.706. The van der Waals surface area contributed by atoms with Crippen LogP contribution >= 0.6 is 23.2 Å². The summed E-state index contributed by atoms with van der Waals surface area (Å²) < 4.78 is 5.47. The van der Waals surface area contributed by atoms with Crippen molar-refractivity contribution < 1.29 is 9.53 Å². The number of halogens is 2. The predicted octanol–water partition coefficient (Wildman–Crippen LogP) is 4.74. The fourth-order valence-electron chi connectivity index (χ4n) is 2.12. The van der Waals surface area contributed by atoms with Gasteiger partial charge in [-0.15, -0.1) is 0 Å². The Morgan fingerprint density at radius 1 is 1.14 bits per heavy atom. The number of nitrogens with one attached hydrogen (secondary N) is 1. The third-order valence-electron chi connectivity index (χ3n) is 3.14. The third kappa shape index (κ3) is 2.89. The van der Waals surface area contributed by atoms with Gasteiger partial charge in [0.25, 0.3) is 0 Å². The van der Waals surface area contributed by atoms with E-state index in [1.807, 2.05) is 24.3 Å². The molecule has 1 heterocycles. The van der Waals surface area contributed by atoms with Crippen LogP contribution in [0.1, 0.15) is 10.4 Å². The molecule has 2 aromatic carbocycles. The minimum atomic E-state index is -0.113. The zero-order valence-electron chi connectivity index (χ0n) is 10.9. The van der Waals surface area contributed by atoms with Gasteiger partial charge in [-0.3, -0.25) is 4.79 Å². The van der Waals surface area contributed by atoms with Gasteiger partial charge in [-0.1, -0.05) is 41.4 Å². The van der Waals surface area contributed by atoms with Gasteiger partial charge in [0.2, 0.25) is 5.78 Å². The summed E-state index contributed by atoms with van der Waals surface area (Å²) in [5.74, 6) is 0.327. The maximum atomic E-state index is 12.3. The Morgan fingerprint density at radius 2 is 1.95 bits per heavy atom. The minimum absolute atomic E-state index is 0.0802. The number of carbonyl (C=O) groups is 1. The second-order valence-electron chi connectivity index (χ2n) is 4.53. The van der Waals surface area contributed by atoms with E-state index in [1.54, 1.807) is 24.4 Å². The van der Waals surface area contributed by atoms with Gasteiger partial charge in [0.1, 0.15) is 5.75 Å². The molecule has 5 heteroatoms. The fraction of sp³-hybridized carbons (Fsp3) is 0.0625. The molecule has 1 aromatic heterocycles. The Labute approximate surface area is 131 Å². The zero-order valence-corrected chi connectivity index (χ0v) is 12.4. The molecule has 106 valence electrons. The number of aromatic nitrogens is 1. The number of para-hydroxylation sites is 1. The van der Waals surface area contributed by atoms with Crippen LogP contribution in [0.5, 0.6) is 5.75 Å². The molecule has 21 heavy (non-hydrogen) atoms. The van der Waals surface area contributed by atoms with E-state index >= 15 is 0 Å².